The second-order valence-electron chi connectivity index (χ2n) is 7.77. The Hall–Kier alpha value is -1.40. The molecule has 0 aliphatic heterocycles. The first-order valence-electron chi connectivity index (χ1n) is 9.51. The van der Waals surface area contributed by atoms with Crippen molar-refractivity contribution >= 4 is 11.6 Å². The van der Waals surface area contributed by atoms with E-state index in [0.29, 0.717) is 18.7 Å². The van der Waals surface area contributed by atoms with E-state index in [0.717, 1.165) is 30.1 Å². The number of aryl methyl sites for hydroxylation is 2. The van der Waals surface area contributed by atoms with Crippen LogP contribution in [-0.2, 0) is 16.6 Å². The largest absolute Gasteiger partial charge is 0.378 e. The van der Waals surface area contributed by atoms with Gasteiger partial charge >= 0.3 is 0 Å². The summed E-state index contributed by atoms with van der Waals surface area (Å²) in [6.45, 7) is 7.18. The average molecular weight is 348 g/mol. The predicted molar refractivity (Wildman–Crippen MR) is 98.7 cm³/mol. The molecule has 1 spiro atoms. The molecule has 25 heavy (non-hydrogen) atoms. The molecule has 1 amide bonds. The summed E-state index contributed by atoms with van der Waals surface area (Å²) in [7, 11) is 3.98. The van der Waals surface area contributed by atoms with Crippen LogP contribution in [0.4, 0.5) is 5.69 Å². The molecule has 0 saturated heterocycles. The monoisotopic (exact) mass is 348 g/mol. The molecule has 2 aliphatic rings. The summed E-state index contributed by atoms with van der Waals surface area (Å²) in [5.74, 6) is 0.0368. The molecular formula is C19H32N4O2. The number of nitrogens with one attached hydrogen (secondary N) is 1. The molecule has 0 unspecified atom stereocenters. The maximum Gasteiger partial charge on any atom is 0.238 e. The molecule has 6 nitrogen and oxygen atoms in total. The SMILES string of the molecule is CCO[C@@H]1C[C@H](N(C)CC(=O)Nc2c(C)nn(C)c2C)C12CCCC2. The molecule has 0 bridgehead atoms. The lowest BCUT2D eigenvalue weighted by atomic mass is 9.60. The van der Waals surface area contributed by atoms with E-state index >= 15 is 0 Å². The van der Waals surface area contributed by atoms with Crippen LogP contribution in [0, 0.1) is 19.3 Å². The molecule has 2 saturated carbocycles. The Bertz CT molecular complexity index is 634. The van der Waals surface area contributed by atoms with Crippen LogP contribution in [0.5, 0.6) is 0 Å². The molecule has 6 heteroatoms. The number of likely N-dealkylation sites (N-methyl/N-ethyl adjacent to an activating group) is 1. The number of nitrogens with zero attached hydrogens (tertiary/aromatic N) is 3. The molecule has 1 aromatic heterocycles. The van der Waals surface area contributed by atoms with Gasteiger partial charge in [0.1, 0.15) is 0 Å². The highest BCUT2D eigenvalue weighted by atomic mass is 16.5. The summed E-state index contributed by atoms with van der Waals surface area (Å²) in [6.07, 6.45) is 6.45. The smallest absolute Gasteiger partial charge is 0.238 e. The van der Waals surface area contributed by atoms with Crippen molar-refractivity contribution in [2.24, 2.45) is 12.5 Å². The molecule has 2 aliphatic carbocycles. The number of hydrogen-bond acceptors (Lipinski definition) is 4. The van der Waals surface area contributed by atoms with E-state index in [9.17, 15) is 4.79 Å². The highest BCUT2D eigenvalue weighted by Gasteiger charge is 2.57. The van der Waals surface area contributed by atoms with Crippen molar-refractivity contribution < 1.29 is 9.53 Å². The zero-order valence-electron chi connectivity index (χ0n) is 16.3. The van der Waals surface area contributed by atoms with Gasteiger partial charge in [-0.3, -0.25) is 14.4 Å². The van der Waals surface area contributed by atoms with Gasteiger partial charge in [0.05, 0.1) is 29.7 Å². The number of aromatic nitrogens is 2. The molecule has 2 fully saturated rings. The van der Waals surface area contributed by atoms with Crippen LogP contribution in [0.2, 0.25) is 0 Å². The van der Waals surface area contributed by atoms with Gasteiger partial charge in [0.25, 0.3) is 0 Å². The number of ether oxygens (including phenoxy) is 1. The number of carbonyl (C=O) groups is 1. The van der Waals surface area contributed by atoms with E-state index in [2.05, 4.69) is 29.3 Å². The van der Waals surface area contributed by atoms with Crippen LogP contribution in [-0.4, -0.2) is 52.9 Å². The fourth-order valence-corrected chi connectivity index (χ4v) is 4.94. The first-order chi connectivity index (χ1) is 11.9. The zero-order chi connectivity index (χ0) is 18.2. The number of anilines is 1. The Morgan fingerprint density at radius 3 is 2.64 bits per heavy atom. The van der Waals surface area contributed by atoms with Crippen molar-refractivity contribution in [3.63, 3.8) is 0 Å². The lowest BCUT2D eigenvalue weighted by molar-refractivity contribution is -0.162. The van der Waals surface area contributed by atoms with E-state index in [1.165, 1.54) is 25.7 Å². The summed E-state index contributed by atoms with van der Waals surface area (Å²) < 4.78 is 7.80. The van der Waals surface area contributed by atoms with Crippen molar-refractivity contribution in [3.8, 4) is 0 Å². The maximum atomic E-state index is 12.6. The van der Waals surface area contributed by atoms with E-state index in [1.807, 2.05) is 20.9 Å². The third-order valence-electron chi connectivity index (χ3n) is 6.34. The van der Waals surface area contributed by atoms with Crippen LogP contribution in [0.1, 0.15) is 50.4 Å². The van der Waals surface area contributed by atoms with Gasteiger partial charge in [-0.2, -0.15) is 5.10 Å². The number of hydrogen-bond donors (Lipinski definition) is 1. The number of rotatable bonds is 6. The van der Waals surface area contributed by atoms with Gasteiger partial charge in [-0.1, -0.05) is 12.8 Å². The van der Waals surface area contributed by atoms with Crippen LogP contribution in [0.3, 0.4) is 0 Å². The standard InChI is InChI=1S/C19H32N4O2/c1-6-25-16-11-15(19(16)9-7-8-10-19)22(4)12-17(24)20-18-13(2)21-23(5)14(18)3/h15-16H,6-12H2,1-5H3,(H,20,24)/t15-,16+/m0/s1. The minimum Gasteiger partial charge on any atom is -0.378 e. The molecule has 2 atom stereocenters. The summed E-state index contributed by atoms with van der Waals surface area (Å²) >= 11 is 0. The fourth-order valence-electron chi connectivity index (χ4n) is 4.94. The normalized spacial score (nSPS) is 24.7. The first kappa shape index (κ1) is 18.4. The van der Waals surface area contributed by atoms with Crippen molar-refractivity contribution in [2.75, 3.05) is 25.5 Å². The summed E-state index contributed by atoms with van der Waals surface area (Å²) in [5.41, 5.74) is 2.96. The molecule has 1 N–H and O–H groups in total. The highest BCUT2D eigenvalue weighted by Crippen LogP contribution is 2.56. The van der Waals surface area contributed by atoms with Gasteiger partial charge in [-0.25, -0.2) is 0 Å². The molecule has 3 rings (SSSR count). The second-order valence-corrected chi connectivity index (χ2v) is 7.77. The molecule has 1 heterocycles. The Balaban J connectivity index is 1.62. The minimum atomic E-state index is 0.0368. The fraction of sp³-hybridized carbons (Fsp3) is 0.789. The van der Waals surface area contributed by atoms with Gasteiger partial charge in [-0.15, -0.1) is 0 Å². The lowest BCUT2D eigenvalue weighted by Crippen LogP contribution is -2.63. The van der Waals surface area contributed by atoms with Crippen LogP contribution in [0.25, 0.3) is 0 Å². The Labute approximate surface area is 150 Å². The third kappa shape index (κ3) is 3.22. The van der Waals surface area contributed by atoms with Gasteiger partial charge < -0.3 is 10.1 Å². The Kier molecular flexibility index (Phi) is 5.21. The van der Waals surface area contributed by atoms with Crippen LogP contribution in [0.15, 0.2) is 0 Å². The predicted octanol–water partition coefficient (Wildman–Crippen LogP) is 2.65. The second kappa shape index (κ2) is 7.08. The van der Waals surface area contributed by atoms with Crippen LogP contribution >= 0.6 is 0 Å². The van der Waals surface area contributed by atoms with Gasteiger partial charge in [-0.05, 0) is 47.1 Å². The molecule has 1 aromatic rings. The minimum absolute atomic E-state index is 0.0368. The van der Waals surface area contributed by atoms with Crippen molar-refractivity contribution in [3.05, 3.63) is 11.4 Å². The molecule has 0 radical (unpaired) electrons. The zero-order valence-corrected chi connectivity index (χ0v) is 16.3. The molecule has 140 valence electrons. The van der Waals surface area contributed by atoms with Gasteiger partial charge in [0, 0.05) is 25.1 Å². The van der Waals surface area contributed by atoms with E-state index in [4.69, 9.17) is 4.74 Å². The highest BCUT2D eigenvalue weighted by molar-refractivity contribution is 5.93. The van der Waals surface area contributed by atoms with E-state index in [-0.39, 0.29) is 11.3 Å². The lowest BCUT2D eigenvalue weighted by Gasteiger charge is -2.57. The third-order valence-corrected chi connectivity index (χ3v) is 6.34. The van der Waals surface area contributed by atoms with Gasteiger partial charge in [0.2, 0.25) is 5.91 Å². The quantitative estimate of drug-likeness (QED) is 0.859. The first-order valence-corrected chi connectivity index (χ1v) is 9.51. The van der Waals surface area contributed by atoms with E-state index < -0.39 is 0 Å². The number of amides is 1. The Morgan fingerprint density at radius 1 is 1.40 bits per heavy atom. The van der Waals surface area contributed by atoms with Crippen LogP contribution < -0.4 is 5.32 Å². The summed E-state index contributed by atoms with van der Waals surface area (Å²) in [6, 6.07) is 0.452. The van der Waals surface area contributed by atoms with Crippen molar-refractivity contribution in [2.45, 2.75) is 65.0 Å². The van der Waals surface area contributed by atoms with Crippen molar-refractivity contribution in [1.29, 1.82) is 0 Å². The maximum absolute atomic E-state index is 12.6. The molecular weight excluding hydrogens is 316 g/mol. The molecule has 0 aromatic carbocycles. The average Bonchev–Trinajstić information content (AvgIpc) is 3.14. The topological polar surface area (TPSA) is 59.4 Å². The number of carbonyl (C=O) groups excluding carboxylic acids is 1. The van der Waals surface area contributed by atoms with Gasteiger partial charge in [0.15, 0.2) is 0 Å². The van der Waals surface area contributed by atoms with E-state index in [1.54, 1.807) is 4.68 Å². The van der Waals surface area contributed by atoms with Crippen molar-refractivity contribution in [1.82, 2.24) is 14.7 Å². The summed E-state index contributed by atoms with van der Waals surface area (Å²) in [5, 5.41) is 7.42. The summed E-state index contributed by atoms with van der Waals surface area (Å²) in [4.78, 5) is 14.8. The Morgan fingerprint density at radius 2 is 2.08 bits per heavy atom.